The summed E-state index contributed by atoms with van der Waals surface area (Å²) in [6.45, 7) is 7.45. The molecular weight excluding hydrogens is 419 g/mol. The molecule has 0 aliphatic carbocycles. The number of nitrogens with zero attached hydrogens (tertiary/aromatic N) is 4. The van der Waals surface area contributed by atoms with Crippen LogP contribution in [0.5, 0.6) is 0 Å². The molecule has 24 heavy (non-hydrogen) atoms. The second-order valence-electron chi connectivity index (χ2n) is 6.27. The monoisotopic (exact) mass is 448 g/mol. The lowest BCUT2D eigenvalue weighted by Crippen LogP contribution is -2.51. The molecule has 2 fully saturated rings. The van der Waals surface area contributed by atoms with E-state index in [9.17, 15) is 0 Å². The maximum atomic E-state index is 5.99. The van der Waals surface area contributed by atoms with Crippen molar-refractivity contribution in [2.75, 3.05) is 32.8 Å². The number of fused-ring (bicyclic) bond motifs is 1. The van der Waals surface area contributed by atoms with E-state index in [4.69, 9.17) is 4.74 Å². The van der Waals surface area contributed by atoms with Gasteiger partial charge in [-0.2, -0.15) is 5.10 Å². The van der Waals surface area contributed by atoms with Crippen LogP contribution < -0.4 is 10.6 Å². The van der Waals surface area contributed by atoms with Gasteiger partial charge in [-0.05, 0) is 32.4 Å². The van der Waals surface area contributed by atoms with Crippen LogP contribution in [-0.2, 0) is 18.3 Å². The highest BCUT2D eigenvalue weighted by molar-refractivity contribution is 14.0. The van der Waals surface area contributed by atoms with E-state index in [1.807, 2.05) is 17.8 Å². The predicted octanol–water partition coefficient (Wildman–Crippen LogP) is 0.956. The molecule has 2 atom stereocenters. The minimum atomic E-state index is 0. The van der Waals surface area contributed by atoms with Crippen LogP contribution in [0.3, 0.4) is 0 Å². The highest BCUT2D eigenvalue weighted by Crippen LogP contribution is 2.22. The predicted molar refractivity (Wildman–Crippen MR) is 106 cm³/mol. The largest absolute Gasteiger partial charge is 0.373 e. The Kier molecular flexibility index (Phi) is 7.76. The lowest BCUT2D eigenvalue weighted by molar-refractivity contribution is -0.0453. The molecule has 1 aromatic rings. The normalized spacial score (nSPS) is 24.3. The van der Waals surface area contributed by atoms with Crippen LogP contribution in [0.2, 0.25) is 0 Å². The van der Waals surface area contributed by atoms with Gasteiger partial charge in [-0.1, -0.05) is 0 Å². The third kappa shape index (κ3) is 5.06. The second-order valence-corrected chi connectivity index (χ2v) is 6.27. The van der Waals surface area contributed by atoms with Crippen molar-refractivity contribution in [3.8, 4) is 0 Å². The number of aryl methyl sites for hydroxylation is 1. The van der Waals surface area contributed by atoms with Gasteiger partial charge in [0.1, 0.15) is 0 Å². The summed E-state index contributed by atoms with van der Waals surface area (Å²) in [5.74, 6) is 0.834. The van der Waals surface area contributed by atoms with Crippen molar-refractivity contribution < 1.29 is 4.74 Å². The van der Waals surface area contributed by atoms with Gasteiger partial charge < -0.3 is 15.4 Å². The van der Waals surface area contributed by atoms with Gasteiger partial charge in [-0.25, -0.2) is 4.99 Å². The van der Waals surface area contributed by atoms with Crippen LogP contribution in [0.1, 0.15) is 25.5 Å². The first-order valence-corrected chi connectivity index (χ1v) is 8.61. The molecule has 3 rings (SSSR count). The minimum Gasteiger partial charge on any atom is -0.373 e. The molecule has 0 amide bonds. The molecule has 0 spiro atoms. The van der Waals surface area contributed by atoms with Gasteiger partial charge >= 0.3 is 0 Å². The van der Waals surface area contributed by atoms with Crippen LogP contribution in [0.15, 0.2) is 17.3 Å². The number of guanidine groups is 1. The van der Waals surface area contributed by atoms with Gasteiger partial charge in [-0.3, -0.25) is 9.58 Å². The summed E-state index contributed by atoms with van der Waals surface area (Å²) < 4.78 is 7.84. The minimum absolute atomic E-state index is 0. The third-order valence-corrected chi connectivity index (χ3v) is 4.62. The maximum Gasteiger partial charge on any atom is 0.191 e. The first kappa shape index (κ1) is 19.5. The molecule has 2 aliphatic rings. The second kappa shape index (κ2) is 9.57. The Morgan fingerprint density at radius 3 is 3.08 bits per heavy atom. The molecule has 0 saturated carbocycles. The molecule has 8 heteroatoms. The summed E-state index contributed by atoms with van der Waals surface area (Å²) in [6.07, 6.45) is 4.63. The smallest absolute Gasteiger partial charge is 0.191 e. The topological polar surface area (TPSA) is 66.7 Å². The van der Waals surface area contributed by atoms with Gasteiger partial charge in [0.2, 0.25) is 0 Å². The van der Waals surface area contributed by atoms with Crippen molar-refractivity contribution in [1.82, 2.24) is 25.3 Å². The van der Waals surface area contributed by atoms with Crippen molar-refractivity contribution in [3.63, 3.8) is 0 Å². The Labute approximate surface area is 161 Å². The zero-order valence-corrected chi connectivity index (χ0v) is 16.9. The average Bonchev–Trinajstić information content (AvgIpc) is 3.18. The van der Waals surface area contributed by atoms with E-state index < -0.39 is 0 Å². The van der Waals surface area contributed by atoms with Crippen LogP contribution in [0.25, 0.3) is 0 Å². The van der Waals surface area contributed by atoms with E-state index >= 15 is 0 Å². The van der Waals surface area contributed by atoms with Crippen molar-refractivity contribution >= 4 is 29.9 Å². The van der Waals surface area contributed by atoms with E-state index in [2.05, 4.69) is 32.5 Å². The summed E-state index contributed by atoms with van der Waals surface area (Å²) in [7, 11) is 1.94. The van der Waals surface area contributed by atoms with E-state index in [0.29, 0.717) is 12.6 Å². The van der Waals surface area contributed by atoms with Crippen molar-refractivity contribution in [3.05, 3.63) is 18.0 Å². The number of hydrogen-bond donors (Lipinski definition) is 2. The molecule has 0 bridgehead atoms. The van der Waals surface area contributed by atoms with E-state index in [1.54, 1.807) is 6.20 Å². The van der Waals surface area contributed by atoms with Gasteiger partial charge in [0.05, 0.1) is 24.9 Å². The summed E-state index contributed by atoms with van der Waals surface area (Å²) in [5, 5.41) is 10.9. The molecule has 0 aromatic carbocycles. The average molecular weight is 448 g/mol. The molecular formula is C16H29IN6O. The molecule has 3 heterocycles. The fourth-order valence-electron chi connectivity index (χ4n) is 3.28. The highest BCUT2D eigenvalue weighted by atomic mass is 127. The first-order chi connectivity index (χ1) is 11.3. The number of nitrogens with one attached hydrogen (secondary N) is 2. The van der Waals surface area contributed by atoms with Gasteiger partial charge in [0.15, 0.2) is 5.96 Å². The van der Waals surface area contributed by atoms with E-state index in [-0.39, 0.29) is 30.1 Å². The van der Waals surface area contributed by atoms with Crippen LogP contribution in [0, 0.1) is 0 Å². The molecule has 136 valence electrons. The molecule has 2 unspecified atom stereocenters. The fraction of sp³-hybridized carbons (Fsp3) is 0.750. The Balaban J connectivity index is 0.00000208. The quantitative estimate of drug-likeness (QED) is 0.399. The van der Waals surface area contributed by atoms with E-state index in [1.165, 1.54) is 19.4 Å². The maximum absolute atomic E-state index is 5.99. The van der Waals surface area contributed by atoms with Crippen LogP contribution >= 0.6 is 24.0 Å². The molecule has 0 radical (unpaired) electrons. The third-order valence-electron chi connectivity index (χ3n) is 4.62. The molecule has 2 aliphatic heterocycles. The van der Waals surface area contributed by atoms with Crippen molar-refractivity contribution in [1.29, 1.82) is 0 Å². The zero-order chi connectivity index (χ0) is 16.1. The van der Waals surface area contributed by atoms with Crippen LogP contribution in [-0.4, -0.2) is 65.6 Å². The molecule has 2 N–H and O–H groups in total. The molecule has 7 nitrogen and oxygen atoms in total. The number of halogens is 1. The first-order valence-electron chi connectivity index (χ1n) is 8.61. The number of aliphatic imine (C=N–C) groups is 1. The fourth-order valence-corrected chi connectivity index (χ4v) is 3.28. The van der Waals surface area contributed by atoms with Crippen LogP contribution in [0.4, 0.5) is 0 Å². The lowest BCUT2D eigenvalue weighted by atomic mass is 10.2. The summed E-state index contributed by atoms with van der Waals surface area (Å²) in [5.41, 5.74) is 1.09. The molecule has 1 aromatic heterocycles. The lowest BCUT2D eigenvalue weighted by Gasteiger charge is -2.35. The van der Waals surface area contributed by atoms with Gasteiger partial charge in [0, 0.05) is 38.9 Å². The Hall–Kier alpha value is -0.870. The Bertz CT molecular complexity index is 534. The zero-order valence-electron chi connectivity index (χ0n) is 14.6. The summed E-state index contributed by atoms with van der Waals surface area (Å²) in [4.78, 5) is 7.20. The Morgan fingerprint density at radius 2 is 2.33 bits per heavy atom. The number of hydrogen-bond acceptors (Lipinski definition) is 4. The number of morpholine rings is 1. The molecule has 2 saturated heterocycles. The summed E-state index contributed by atoms with van der Waals surface area (Å²) in [6, 6.07) is 2.64. The highest BCUT2D eigenvalue weighted by Gasteiger charge is 2.32. The number of ether oxygens (including phenoxy) is 1. The van der Waals surface area contributed by atoms with Crippen molar-refractivity contribution in [2.24, 2.45) is 12.0 Å². The Morgan fingerprint density at radius 1 is 1.46 bits per heavy atom. The van der Waals surface area contributed by atoms with Gasteiger partial charge in [0.25, 0.3) is 0 Å². The summed E-state index contributed by atoms with van der Waals surface area (Å²) >= 11 is 0. The van der Waals surface area contributed by atoms with Gasteiger partial charge in [-0.15, -0.1) is 24.0 Å². The number of rotatable bonds is 5. The van der Waals surface area contributed by atoms with E-state index in [0.717, 1.165) is 37.9 Å². The standard InChI is InChI=1S/C16H28N6O.HI/c1-3-17-16(18-9-13-6-7-20-21(13)2)19-10-15-11-22-8-4-5-14(22)12-23-15;/h6-7,14-15H,3-5,8-12H2,1-2H3,(H2,17,18,19);1H. The number of aromatic nitrogens is 2. The SMILES string of the molecule is CCNC(=NCc1ccnn1C)NCC1CN2CCCC2CO1.I. The van der Waals surface area contributed by atoms with Crippen molar-refractivity contribution in [2.45, 2.75) is 38.5 Å².